The van der Waals surface area contributed by atoms with E-state index in [2.05, 4.69) is 49.8 Å². The average molecular weight is 328 g/mol. The van der Waals surface area contributed by atoms with E-state index in [9.17, 15) is 0 Å². The van der Waals surface area contributed by atoms with Gasteiger partial charge in [-0.3, -0.25) is 9.89 Å². The van der Waals surface area contributed by atoms with Crippen LogP contribution in [0.4, 0.5) is 5.82 Å². The minimum absolute atomic E-state index is 0.537. The van der Waals surface area contributed by atoms with Crippen molar-refractivity contribution in [2.75, 3.05) is 45.6 Å². The largest absolute Gasteiger partial charge is 0.309 e. The van der Waals surface area contributed by atoms with Gasteiger partial charge in [0.25, 0.3) is 0 Å². The van der Waals surface area contributed by atoms with Crippen molar-refractivity contribution >= 4 is 17.5 Å². The Hall–Kier alpha value is -2.05. The summed E-state index contributed by atoms with van der Waals surface area (Å²) in [4.78, 5) is 17.9. The topological polar surface area (TPSA) is 56.1 Å². The number of pyridine rings is 1. The standard InChI is InChI=1S/C18H28N6/c1-14(2)15(3)21-18(19-4)22-17-7-6-16(12-20-17)13-24-10-8-23(5)9-11-24/h6-7,12H,1,8-11,13H2,2-5H3,(H,19,20,22)/b21-15-. The van der Waals surface area contributed by atoms with Crippen molar-refractivity contribution in [3.63, 3.8) is 0 Å². The van der Waals surface area contributed by atoms with Crippen molar-refractivity contribution in [3.8, 4) is 0 Å². The fraction of sp³-hybridized carbons (Fsp3) is 0.500. The first-order chi connectivity index (χ1) is 11.5. The van der Waals surface area contributed by atoms with Crippen molar-refractivity contribution in [2.45, 2.75) is 20.4 Å². The zero-order valence-electron chi connectivity index (χ0n) is 15.2. The molecule has 1 saturated heterocycles. The molecular weight excluding hydrogens is 300 g/mol. The van der Waals surface area contributed by atoms with Crippen LogP contribution in [0.15, 0.2) is 40.5 Å². The van der Waals surface area contributed by atoms with Crippen LogP contribution in [0.2, 0.25) is 0 Å². The van der Waals surface area contributed by atoms with Crippen molar-refractivity contribution < 1.29 is 0 Å². The summed E-state index contributed by atoms with van der Waals surface area (Å²) < 4.78 is 0. The highest BCUT2D eigenvalue weighted by Gasteiger charge is 2.13. The van der Waals surface area contributed by atoms with Gasteiger partial charge in [-0.15, -0.1) is 0 Å². The van der Waals surface area contributed by atoms with Crippen molar-refractivity contribution in [1.82, 2.24) is 14.8 Å². The number of anilines is 1. The molecule has 0 aromatic carbocycles. The Balaban J connectivity index is 1.94. The Morgan fingerprint density at radius 3 is 2.50 bits per heavy atom. The number of allylic oxidation sites excluding steroid dienone is 1. The zero-order valence-corrected chi connectivity index (χ0v) is 15.2. The molecule has 1 aliphatic rings. The summed E-state index contributed by atoms with van der Waals surface area (Å²) >= 11 is 0. The lowest BCUT2D eigenvalue weighted by atomic mass is 10.2. The number of nitrogens with one attached hydrogen (secondary N) is 1. The molecule has 1 aromatic heterocycles. The predicted molar refractivity (Wildman–Crippen MR) is 102 cm³/mol. The van der Waals surface area contributed by atoms with Crippen LogP contribution >= 0.6 is 0 Å². The molecule has 2 heterocycles. The van der Waals surface area contributed by atoms with E-state index in [4.69, 9.17) is 0 Å². The highest BCUT2D eigenvalue weighted by molar-refractivity contribution is 6.08. The summed E-state index contributed by atoms with van der Waals surface area (Å²) in [6, 6.07) is 4.08. The maximum atomic E-state index is 4.48. The second-order valence-electron chi connectivity index (χ2n) is 6.28. The number of piperazine rings is 1. The van der Waals surface area contributed by atoms with Gasteiger partial charge in [-0.2, -0.15) is 0 Å². The van der Waals surface area contributed by atoms with E-state index in [0.717, 1.165) is 49.8 Å². The maximum absolute atomic E-state index is 4.48. The van der Waals surface area contributed by atoms with Gasteiger partial charge in [0.05, 0.1) is 0 Å². The number of likely N-dealkylation sites (N-methyl/N-ethyl adjacent to an activating group) is 1. The van der Waals surface area contributed by atoms with E-state index >= 15 is 0 Å². The molecule has 24 heavy (non-hydrogen) atoms. The lowest BCUT2D eigenvalue weighted by Gasteiger charge is -2.32. The van der Waals surface area contributed by atoms with Gasteiger partial charge < -0.3 is 10.2 Å². The van der Waals surface area contributed by atoms with E-state index in [1.807, 2.05) is 26.1 Å². The van der Waals surface area contributed by atoms with Gasteiger partial charge in [0.15, 0.2) is 0 Å². The summed E-state index contributed by atoms with van der Waals surface area (Å²) in [5.74, 6) is 1.28. The van der Waals surface area contributed by atoms with Crippen LogP contribution in [-0.4, -0.2) is 66.7 Å². The minimum Gasteiger partial charge on any atom is -0.309 e. The van der Waals surface area contributed by atoms with Crippen LogP contribution in [0.5, 0.6) is 0 Å². The summed E-state index contributed by atoms with van der Waals surface area (Å²) in [7, 11) is 3.88. The summed E-state index contributed by atoms with van der Waals surface area (Å²) in [6.45, 7) is 13.2. The number of hydrogen-bond acceptors (Lipinski definition) is 4. The van der Waals surface area contributed by atoms with Crippen molar-refractivity contribution in [2.24, 2.45) is 9.98 Å². The zero-order chi connectivity index (χ0) is 17.5. The number of nitrogens with zero attached hydrogens (tertiary/aromatic N) is 5. The molecule has 0 amide bonds. The third-order valence-electron chi connectivity index (χ3n) is 4.17. The SMILES string of the molecule is C=C(C)/C(C)=N\C(=NC)Nc1ccc(CN2CCN(C)CC2)cn1. The molecule has 6 nitrogen and oxygen atoms in total. The number of rotatable bonds is 4. The van der Waals surface area contributed by atoms with Crippen LogP contribution in [-0.2, 0) is 6.54 Å². The Labute approximate surface area is 145 Å². The molecule has 0 saturated carbocycles. The Morgan fingerprint density at radius 1 is 1.25 bits per heavy atom. The Kier molecular flexibility index (Phi) is 6.63. The minimum atomic E-state index is 0.537. The number of aromatic nitrogens is 1. The molecule has 130 valence electrons. The summed E-state index contributed by atoms with van der Waals surface area (Å²) in [6.07, 6.45) is 1.92. The van der Waals surface area contributed by atoms with Gasteiger partial charge in [-0.25, -0.2) is 9.98 Å². The van der Waals surface area contributed by atoms with Crippen LogP contribution in [0.3, 0.4) is 0 Å². The highest BCUT2D eigenvalue weighted by atomic mass is 15.2. The number of guanidine groups is 1. The van der Waals surface area contributed by atoms with Crippen LogP contribution < -0.4 is 5.32 Å². The molecule has 0 atom stereocenters. The first kappa shape index (κ1) is 18.3. The molecule has 1 aliphatic heterocycles. The summed E-state index contributed by atoms with van der Waals surface area (Å²) in [5, 5.41) is 3.14. The first-order valence-corrected chi connectivity index (χ1v) is 8.28. The molecule has 1 aromatic rings. The third kappa shape index (κ3) is 5.54. The maximum Gasteiger partial charge on any atom is 0.223 e. The van der Waals surface area contributed by atoms with E-state index in [1.54, 1.807) is 7.05 Å². The molecule has 1 fully saturated rings. The van der Waals surface area contributed by atoms with Crippen LogP contribution in [0.1, 0.15) is 19.4 Å². The smallest absolute Gasteiger partial charge is 0.223 e. The van der Waals surface area contributed by atoms with Crippen molar-refractivity contribution in [3.05, 3.63) is 36.0 Å². The molecule has 6 heteroatoms. The normalized spacial score (nSPS) is 17.8. The Bertz CT molecular complexity index is 609. The summed E-state index contributed by atoms with van der Waals surface area (Å²) in [5.41, 5.74) is 3.00. The van der Waals surface area contributed by atoms with Gasteiger partial charge in [0.2, 0.25) is 5.96 Å². The van der Waals surface area contributed by atoms with Crippen LogP contribution in [0.25, 0.3) is 0 Å². The monoisotopic (exact) mass is 328 g/mol. The fourth-order valence-corrected chi connectivity index (χ4v) is 2.36. The Morgan fingerprint density at radius 2 is 1.96 bits per heavy atom. The molecule has 0 unspecified atom stereocenters. The predicted octanol–water partition coefficient (Wildman–Crippen LogP) is 2.26. The fourth-order valence-electron chi connectivity index (χ4n) is 2.36. The third-order valence-corrected chi connectivity index (χ3v) is 4.17. The van der Waals surface area contributed by atoms with E-state index in [0.29, 0.717) is 5.96 Å². The van der Waals surface area contributed by atoms with Gasteiger partial charge in [-0.1, -0.05) is 12.6 Å². The number of hydrogen-bond donors (Lipinski definition) is 1. The van der Waals surface area contributed by atoms with E-state index in [1.165, 1.54) is 5.56 Å². The van der Waals surface area contributed by atoms with E-state index in [-0.39, 0.29) is 0 Å². The highest BCUT2D eigenvalue weighted by Crippen LogP contribution is 2.10. The first-order valence-electron chi connectivity index (χ1n) is 8.28. The number of aliphatic imine (C=N–C) groups is 2. The quantitative estimate of drug-likeness (QED) is 0.680. The molecule has 2 rings (SSSR count). The molecule has 0 aliphatic carbocycles. The van der Waals surface area contributed by atoms with Gasteiger partial charge >= 0.3 is 0 Å². The van der Waals surface area contributed by atoms with Gasteiger partial charge in [-0.05, 0) is 38.1 Å². The van der Waals surface area contributed by atoms with Gasteiger partial charge in [0.1, 0.15) is 5.82 Å². The molecule has 0 bridgehead atoms. The van der Waals surface area contributed by atoms with Crippen LogP contribution in [0, 0.1) is 0 Å². The van der Waals surface area contributed by atoms with Crippen molar-refractivity contribution in [1.29, 1.82) is 0 Å². The molecule has 1 N–H and O–H groups in total. The lowest BCUT2D eigenvalue weighted by Crippen LogP contribution is -2.43. The second-order valence-corrected chi connectivity index (χ2v) is 6.28. The molecular formula is C18H28N6. The average Bonchev–Trinajstić information content (AvgIpc) is 2.57. The van der Waals surface area contributed by atoms with E-state index < -0.39 is 0 Å². The second kappa shape index (κ2) is 8.70. The van der Waals surface area contributed by atoms with Gasteiger partial charge in [0, 0.05) is 51.7 Å². The lowest BCUT2D eigenvalue weighted by molar-refractivity contribution is 0.148. The molecule has 0 radical (unpaired) electrons. The molecule has 0 spiro atoms.